The number of pyridine rings is 1. The van der Waals surface area contributed by atoms with E-state index in [-0.39, 0.29) is 33.8 Å². The van der Waals surface area contributed by atoms with Crippen LogP contribution in [-0.4, -0.2) is 62.8 Å². The molecule has 1 aliphatic rings. The van der Waals surface area contributed by atoms with Crippen molar-refractivity contribution in [3.63, 3.8) is 0 Å². The van der Waals surface area contributed by atoms with Crippen LogP contribution < -0.4 is 15.3 Å². The molecule has 1 aliphatic heterocycles. The lowest BCUT2D eigenvalue weighted by Crippen LogP contribution is -2.55. The molecule has 0 radical (unpaired) electrons. The van der Waals surface area contributed by atoms with Gasteiger partial charge in [-0.1, -0.05) is 18.2 Å². The van der Waals surface area contributed by atoms with Gasteiger partial charge >= 0.3 is 17.8 Å². The number of benzene rings is 2. The van der Waals surface area contributed by atoms with Crippen molar-refractivity contribution in [2.45, 2.75) is 24.6 Å². The highest BCUT2D eigenvalue weighted by atomic mass is 19.4. The summed E-state index contributed by atoms with van der Waals surface area (Å²) in [7, 11) is 0. The van der Waals surface area contributed by atoms with E-state index >= 15 is 0 Å². The van der Waals surface area contributed by atoms with Gasteiger partial charge in [0.2, 0.25) is 5.88 Å². The summed E-state index contributed by atoms with van der Waals surface area (Å²) in [6.07, 6.45) is -7.71. The third kappa shape index (κ3) is 4.76. The third-order valence-electron chi connectivity index (χ3n) is 5.99. The Labute approximate surface area is 209 Å². The molecular weight excluding hydrogens is 519 g/mol. The van der Waals surface area contributed by atoms with Gasteiger partial charge < -0.3 is 19.5 Å². The molecule has 5 rings (SSSR count). The minimum absolute atomic E-state index is 0.0311. The van der Waals surface area contributed by atoms with Crippen LogP contribution in [0.1, 0.15) is 16.8 Å². The van der Waals surface area contributed by atoms with Gasteiger partial charge in [-0.3, -0.25) is 4.79 Å². The summed E-state index contributed by atoms with van der Waals surface area (Å²) in [4.78, 5) is 47.9. The molecule has 9 nitrogen and oxygen atoms in total. The minimum Gasteiger partial charge on any atom is -0.466 e. The number of carbonyl (C=O) groups excluding carboxylic acids is 2. The topological polar surface area (TPSA) is 107 Å². The largest absolute Gasteiger partial charge is 0.493 e. The molecule has 1 amide bonds. The van der Waals surface area contributed by atoms with Crippen LogP contribution in [-0.2, 0) is 4.79 Å². The number of alkyl halides is 5. The number of nitrogens with zero attached hydrogens (tertiary/aromatic N) is 3. The number of para-hydroxylation sites is 1. The number of likely N-dealkylation sites (tertiary alicyclic amines) is 1. The number of imidazole rings is 1. The van der Waals surface area contributed by atoms with Crippen molar-refractivity contribution >= 4 is 33.8 Å². The van der Waals surface area contributed by atoms with Gasteiger partial charge in [0.1, 0.15) is 5.52 Å². The smallest absolute Gasteiger partial charge is 0.466 e. The molecule has 198 valence electrons. The molecule has 2 aromatic carbocycles. The van der Waals surface area contributed by atoms with Crippen molar-refractivity contribution in [2.75, 3.05) is 13.1 Å². The molecule has 0 spiro atoms. The summed E-state index contributed by atoms with van der Waals surface area (Å²) >= 11 is 0. The van der Waals surface area contributed by atoms with E-state index in [2.05, 4.69) is 14.8 Å². The molecule has 0 bridgehead atoms. The molecule has 0 saturated carbocycles. The zero-order valence-electron chi connectivity index (χ0n) is 19.2. The number of amides is 1. The average Bonchev–Trinajstić information content (AvgIpc) is 3.18. The number of nitrogens with one attached hydrogen (secondary N) is 1. The first-order valence-electron chi connectivity index (χ1n) is 11.2. The Bertz CT molecular complexity index is 1610. The number of halogens is 5. The van der Waals surface area contributed by atoms with Gasteiger partial charge in [-0.2, -0.15) is 13.2 Å². The minimum atomic E-state index is -5.34. The predicted molar refractivity (Wildman–Crippen MR) is 122 cm³/mol. The van der Waals surface area contributed by atoms with E-state index in [1.54, 1.807) is 30.3 Å². The van der Waals surface area contributed by atoms with Crippen LogP contribution >= 0.6 is 0 Å². The number of hydrogen-bond acceptors (Lipinski definition) is 6. The monoisotopic (exact) mass is 536 g/mol. The van der Waals surface area contributed by atoms with Gasteiger partial charge in [0.25, 0.3) is 11.8 Å². The fourth-order valence-electron chi connectivity index (χ4n) is 4.07. The van der Waals surface area contributed by atoms with E-state index in [9.17, 15) is 36.3 Å². The number of carbonyl (C=O) groups is 2. The zero-order valence-corrected chi connectivity index (χ0v) is 19.2. The molecule has 3 heterocycles. The second-order valence-electron chi connectivity index (χ2n) is 8.54. The summed E-state index contributed by atoms with van der Waals surface area (Å²) in [6.45, 7) is -0.769. The maximum absolute atomic E-state index is 14.7. The molecular formula is C24H17F5N4O5. The maximum atomic E-state index is 14.7. The van der Waals surface area contributed by atoms with E-state index in [0.29, 0.717) is 5.52 Å². The number of ether oxygens (including phenoxy) is 1. The number of H-pyrrole nitrogens is 1. The van der Waals surface area contributed by atoms with Gasteiger partial charge in [0, 0.05) is 30.0 Å². The molecule has 1 fully saturated rings. The summed E-state index contributed by atoms with van der Waals surface area (Å²) < 4.78 is 72.6. The predicted octanol–water partition coefficient (Wildman–Crippen LogP) is 3.32. The van der Waals surface area contributed by atoms with E-state index in [4.69, 9.17) is 4.74 Å². The molecule has 2 aromatic heterocycles. The van der Waals surface area contributed by atoms with Crippen LogP contribution in [0.15, 0.2) is 59.4 Å². The van der Waals surface area contributed by atoms with Gasteiger partial charge in [-0.25, -0.2) is 23.4 Å². The van der Waals surface area contributed by atoms with Crippen LogP contribution in [0.2, 0.25) is 0 Å². The Hall–Kier alpha value is -4.49. The van der Waals surface area contributed by atoms with E-state index in [0.717, 1.165) is 22.4 Å². The van der Waals surface area contributed by atoms with Crippen LogP contribution in [0.3, 0.4) is 0 Å². The normalized spacial score (nSPS) is 17.5. The number of rotatable bonds is 4. The van der Waals surface area contributed by atoms with Crippen LogP contribution in [0.5, 0.6) is 5.88 Å². The quantitative estimate of drug-likeness (QED) is 0.401. The Morgan fingerprint density at radius 2 is 1.84 bits per heavy atom. The summed E-state index contributed by atoms with van der Waals surface area (Å²) in [5.41, 5.74) is -1.02. The third-order valence-corrected chi connectivity index (χ3v) is 5.99. The first-order chi connectivity index (χ1) is 17.9. The van der Waals surface area contributed by atoms with Gasteiger partial charge in [-0.15, -0.1) is 4.73 Å². The Kier molecular flexibility index (Phi) is 6.04. The van der Waals surface area contributed by atoms with Crippen LogP contribution in [0, 0.1) is 0 Å². The molecule has 1 N–H and O–H groups in total. The highest BCUT2D eigenvalue weighted by Crippen LogP contribution is 2.32. The number of aromatic amines is 1. The summed E-state index contributed by atoms with van der Waals surface area (Å²) in [5, 5.41) is 0.794. The molecule has 1 atom stereocenters. The molecule has 0 unspecified atom stereocenters. The second-order valence-corrected chi connectivity index (χ2v) is 8.54. The SMILES string of the molecule is O=C(c1ccc2c(c1)[nH]c(=O)n2OC(=O)C(F)(F)F)N1CCC(F)(F)[C@@H](Oc2ccc3ccccc3n2)C1. The van der Waals surface area contributed by atoms with Crippen molar-refractivity contribution in [2.24, 2.45) is 0 Å². The fraction of sp³-hybridized carbons (Fsp3) is 0.250. The van der Waals surface area contributed by atoms with E-state index < -0.39 is 48.7 Å². The van der Waals surface area contributed by atoms with E-state index in [1.807, 2.05) is 0 Å². The van der Waals surface area contributed by atoms with Crippen molar-refractivity contribution in [1.82, 2.24) is 19.6 Å². The maximum Gasteiger partial charge on any atom is 0.493 e. The lowest BCUT2D eigenvalue weighted by molar-refractivity contribution is -0.199. The lowest BCUT2D eigenvalue weighted by atomic mass is 10.0. The number of piperidine rings is 1. The van der Waals surface area contributed by atoms with Crippen molar-refractivity contribution in [3.8, 4) is 5.88 Å². The number of hydrogen-bond donors (Lipinski definition) is 1. The lowest BCUT2D eigenvalue weighted by Gasteiger charge is -2.38. The molecule has 4 aromatic rings. The molecule has 0 aliphatic carbocycles. The Morgan fingerprint density at radius 1 is 1.08 bits per heavy atom. The number of aromatic nitrogens is 3. The molecule has 1 saturated heterocycles. The summed E-state index contributed by atoms with van der Waals surface area (Å²) in [6, 6.07) is 13.6. The molecule has 14 heteroatoms. The zero-order chi connectivity index (χ0) is 27.2. The second kappa shape index (κ2) is 9.11. The van der Waals surface area contributed by atoms with Gasteiger partial charge in [0.05, 0.1) is 17.6 Å². The van der Waals surface area contributed by atoms with E-state index in [1.165, 1.54) is 12.1 Å². The average molecular weight is 536 g/mol. The standard InChI is InChI=1S/C24H17F5N4O5/c25-23(26)9-10-32(12-18(23)37-19-8-6-13-3-1-2-4-15(13)30-19)20(34)14-5-7-17-16(11-14)31-22(36)33(17)38-21(35)24(27,28)29/h1-8,11,18H,9-10,12H2,(H,31,36)/t18-/m0/s1. The van der Waals surface area contributed by atoms with Crippen molar-refractivity contribution in [1.29, 1.82) is 0 Å². The number of fused-ring (bicyclic) bond motifs is 2. The van der Waals surface area contributed by atoms with Gasteiger partial charge in [-0.05, 0) is 30.3 Å². The first kappa shape index (κ1) is 25.2. The van der Waals surface area contributed by atoms with Crippen LogP contribution in [0.4, 0.5) is 22.0 Å². The Balaban J connectivity index is 1.36. The molecule has 38 heavy (non-hydrogen) atoms. The van der Waals surface area contributed by atoms with Crippen molar-refractivity contribution in [3.05, 3.63) is 70.6 Å². The van der Waals surface area contributed by atoms with Crippen LogP contribution in [0.25, 0.3) is 21.9 Å². The summed E-state index contributed by atoms with van der Waals surface area (Å²) in [5.74, 6) is -6.57. The highest BCUT2D eigenvalue weighted by molar-refractivity contribution is 5.97. The fourth-order valence-corrected chi connectivity index (χ4v) is 4.07. The first-order valence-corrected chi connectivity index (χ1v) is 11.2. The van der Waals surface area contributed by atoms with Gasteiger partial charge in [0.15, 0.2) is 6.10 Å². The highest BCUT2D eigenvalue weighted by Gasteiger charge is 2.47. The Morgan fingerprint density at radius 3 is 2.61 bits per heavy atom. The van der Waals surface area contributed by atoms with Crippen molar-refractivity contribution < 1.29 is 41.1 Å².